The van der Waals surface area contributed by atoms with Gasteiger partial charge in [0.2, 0.25) is 0 Å². The lowest BCUT2D eigenvalue weighted by Gasteiger charge is -2.40. The Balaban J connectivity index is 2.39. The molecular formula is C18H23F5N2O3. The number of carboxylic acid groups (broad SMARTS) is 1. The summed E-state index contributed by atoms with van der Waals surface area (Å²) >= 11 is 0. The summed E-state index contributed by atoms with van der Waals surface area (Å²) in [6, 6.07) is 2.32. The van der Waals surface area contributed by atoms with E-state index < -0.39 is 54.1 Å². The van der Waals surface area contributed by atoms with Crippen molar-refractivity contribution in [3.05, 3.63) is 35.4 Å². The average molecular weight is 410 g/mol. The molecule has 2 rings (SSSR count). The van der Waals surface area contributed by atoms with Gasteiger partial charge in [0.15, 0.2) is 17.7 Å². The van der Waals surface area contributed by atoms with Gasteiger partial charge in [-0.1, -0.05) is 6.07 Å². The van der Waals surface area contributed by atoms with Gasteiger partial charge in [-0.3, -0.25) is 9.80 Å². The molecule has 3 atom stereocenters. The highest BCUT2D eigenvalue weighted by molar-refractivity contribution is 5.67. The monoisotopic (exact) mass is 410 g/mol. The van der Waals surface area contributed by atoms with Crippen LogP contribution < -0.4 is 0 Å². The molecule has 0 aliphatic carbocycles. The van der Waals surface area contributed by atoms with E-state index in [1.807, 2.05) is 0 Å². The molecule has 1 heterocycles. The van der Waals surface area contributed by atoms with E-state index in [1.54, 1.807) is 20.8 Å². The number of likely N-dealkylation sites (tertiary alicyclic amines) is 1. The van der Waals surface area contributed by atoms with Crippen LogP contribution in [0.25, 0.3) is 0 Å². The van der Waals surface area contributed by atoms with E-state index in [4.69, 9.17) is 0 Å². The number of aliphatic hydroxyl groups is 1. The molecule has 1 aliphatic heterocycles. The molecule has 2 N–H and O–H groups in total. The van der Waals surface area contributed by atoms with Crippen molar-refractivity contribution in [1.82, 2.24) is 9.80 Å². The number of β-amino-alcohol motifs (C(OH)–C–C–N with tert-alkyl or cyclic N) is 1. The van der Waals surface area contributed by atoms with Crippen molar-refractivity contribution in [2.75, 3.05) is 19.6 Å². The lowest BCUT2D eigenvalue weighted by molar-refractivity contribution is -0.207. The minimum atomic E-state index is -4.81. The van der Waals surface area contributed by atoms with Gasteiger partial charge in [0.05, 0.1) is 6.04 Å². The predicted molar refractivity (Wildman–Crippen MR) is 91.0 cm³/mol. The Hall–Kier alpha value is -1.94. The van der Waals surface area contributed by atoms with Crippen molar-refractivity contribution in [3.63, 3.8) is 0 Å². The molecule has 0 radical (unpaired) electrons. The van der Waals surface area contributed by atoms with E-state index in [9.17, 15) is 37.0 Å². The van der Waals surface area contributed by atoms with Crippen molar-refractivity contribution < 1.29 is 37.0 Å². The zero-order valence-corrected chi connectivity index (χ0v) is 15.7. The van der Waals surface area contributed by atoms with Crippen molar-refractivity contribution in [1.29, 1.82) is 0 Å². The van der Waals surface area contributed by atoms with Gasteiger partial charge < -0.3 is 10.2 Å². The van der Waals surface area contributed by atoms with Gasteiger partial charge in [-0.25, -0.2) is 13.6 Å². The van der Waals surface area contributed by atoms with E-state index in [-0.39, 0.29) is 18.7 Å². The molecule has 1 saturated heterocycles. The maximum absolute atomic E-state index is 13.7. The fourth-order valence-electron chi connectivity index (χ4n) is 3.62. The summed E-state index contributed by atoms with van der Waals surface area (Å²) < 4.78 is 65.2. The van der Waals surface area contributed by atoms with Crippen molar-refractivity contribution in [3.8, 4) is 0 Å². The third-order valence-corrected chi connectivity index (χ3v) is 4.81. The Morgan fingerprint density at radius 2 is 1.82 bits per heavy atom. The first-order valence-corrected chi connectivity index (χ1v) is 8.66. The first-order valence-electron chi connectivity index (χ1n) is 8.66. The van der Waals surface area contributed by atoms with Gasteiger partial charge >= 0.3 is 12.3 Å². The van der Waals surface area contributed by atoms with Crippen molar-refractivity contribution in [2.24, 2.45) is 0 Å². The maximum Gasteiger partial charge on any atom is 0.415 e. The summed E-state index contributed by atoms with van der Waals surface area (Å²) in [6.07, 6.45) is -8.68. The van der Waals surface area contributed by atoms with E-state index >= 15 is 0 Å². The summed E-state index contributed by atoms with van der Waals surface area (Å²) in [5.74, 6) is -2.89. The Morgan fingerprint density at radius 1 is 1.21 bits per heavy atom. The summed E-state index contributed by atoms with van der Waals surface area (Å²) in [7, 11) is 0. The second kappa shape index (κ2) is 7.82. The topological polar surface area (TPSA) is 64.0 Å². The SMILES string of the molecule is CC(C)(C)N(C(=O)O)[C@@H]1CN(C[C@@H](O)C(F)(F)F)C[C@H]1c1ccc(F)c(F)c1. The van der Waals surface area contributed by atoms with Crippen molar-refractivity contribution >= 4 is 6.09 Å². The zero-order chi connectivity index (χ0) is 21.4. The Kier molecular flexibility index (Phi) is 6.25. The van der Waals surface area contributed by atoms with Crippen LogP contribution >= 0.6 is 0 Å². The highest BCUT2D eigenvalue weighted by Crippen LogP contribution is 2.36. The average Bonchev–Trinajstić information content (AvgIpc) is 2.90. The number of alkyl halides is 3. The number of hydrogen-bond donors (Lipinski definition) is 2. The third-order valence-electron chi connectivity index (χ3n) is 4.81. The van der Waals surface area contributed by atoms with Crippen LogP contribution in [0.5, 0.6) is 0 Å². The molecule has 0 unspecified atom stereocenters. The molecule has 1 fully saturated rings. The molecule has 5 nitrogen and oxygen atoms in total. The first kappa shape index (κ1) is 22.4. The summed E-state index contributed by atoms with van der Waals surface area (Å²) in [6.45, 7) is 4.05. The van der Waals surface area contributed by atoms with Gasteiger partial charge in [-0.05, 0) is 38.5 Å². The van der Waals surface area contributed by atoms with Crippen LogP contribution in [0.1, 0.15) is 32.3 Å². The summed E-state index contributed by atoms with van der Waals surface area (Å²) in [5, 5.41) is 19.0. The van der Waals surface area contributed by atoms with Crippen LogP contribution in [0, 0.1) is 11.6 Å². The Morgan fingerprint density at radius 3 is 2.29 bits per heavy atom. The smallest absolute Gasteiger partial charge is 0.415 e. The molecule has 1 aliphatic rings. The first-order chi connectivity index (χ1) is 12.7. The zero-order valence-electron chi connectivity index (χ0n) is 15.7. The highest BCUT2D eigenvalue weighted by atomic mass is 19.4. The normalized spacial score (nSPS) is 22.3. The van der Waals surface area contributed by atoms with Crippen LogP contribution in [0.4, 0.5) is 26.7 Å². The van der Waals surface area contributed by atoms with E-state index in [1.165, 1.54) is 11.0 Å². The van der Waals surface area contributed by atoms with Gasteiger partial charge in [0.25, 0.3) is 0 Å². The van der Waals surface area contributed by atoms with Crippen LogP contribution in [0.3, 0.4) is 0 Å². The van der Waals surface area contributed by atoms with Gasteiger partial charge in [0.1, 0.15) is 0 Å². The molecule has 0 aromatic heterocycles. The minimum absolute atomic E-state index is 0.0389. The van der Waals surface area contributed by atoms with Crippen LogP contribution in [0.15, 0.2) is 18.2 Å². The lowest BCUT2D eigenvalue weighted by Crippen LogP contribution is -2.54. The number of aliphatic hydroxyl groups excluding tert-OH is 1. The predicted octanol–water partition coefficient (Wildman–Crippen LogP) is 3.43. The quantitative estimate of drug-likeness (QED) is 0.747. The summed E-state index contributed by atoms with van der Waals surface area (Å²) in [5.41, 5.74) is -0.602. The van der Waals surface area contributed by atoms with Crippen molar-refractivity contribution in [2.45, 2.75) is 50.6 Å². The maximum atomic E-state index is 13.7. The second-order valence-corrected chi connectivity index (χ2v) is 7.95. The fourth-order valence-corrected chi connectivity index (χ4v) is 3.62. The Bertz CT molecular complexity index is 720. The highest BCUT2D eigenvalue weighted by Gasteiger charge is 2.46. The van der Waals surface area contributed by atoms with Gasteiger partial charge in [-0.2, -0.15) is 13.2 Å². The molecule has 1 aromatic carbocycles. The molecule has 0 saturated carbocycles. The molecule has 158 valence electrons. The number of amides is 1. The Labute approximate surface area is 159 Å². The lowest BCUT2D eigenvalue weighted by atomic mass is 9.90. The standard InChI is InChI=1S/C18H23F5N2O3/c1-17(2,3)25(16(27)28)14-8-24(9-15(26)18(21,22)23)7-11(14)10-4-5-12(19)13(20)6-10/h4-6,11,14-15,26H,7-9H2,1-3H3,(H,27,28)/t11-,14+,15+/m0/s1. The van der Waals surface area contributed by atoms with Crippen LogP contribution in [-0.2, 0) is 0 Å². The van der Waals surface area contributed by atoms with Gasteiger partial charge in [0, 0.05) is 31.1 Å². The summed E-state index contributed by atoms with van der Waals surface area (Å²) in [4.78, 5) is 14.3. The number of rotatable bonds is 4. The van der Waals surface area contributed by atoms with E-state index in [0.29, 0.717) is 0 Å². The van der Waals surface area contributed by atoms with Gasteiger partial charge in [-0.15, -0.1) is 0 Å². The largest absolute Gasteiger partial charge is 0.465 e. The molecule has 10 heteroatoms. The number of nitrogens with zero attached hydrogens (tertiary/aromatic N) is 2. The molecule has 1 aromatic rings. The number of carbonyl (C=O) groups is 1. The number of benzene rings is 1. The fraction of sp³-hybridized carbons (Fsp3) is 0.611. The number of halogens is 5. The molecule has 28 heavy (non-hydrogen) atoms. The molecule has 0 bridgehead atoms. The van der Waals surface area contributed by atoms with E-state index in [2.05, 4.69) is 0 Å². The van der Waals surface area contributed by atoms with Crippen LogP contribution in [-0.4, -0.2) is 69.6 Å². The third kappa shape index (κ3) is 4.91. The minimum Gasteiger partial charge on any atom is -0.465 e. The molecule has 1 amide bonds. The van der Waals surface area contributed by atoms with E-state index in [0.717, 1.165) is 17.0 Å². The second-order valence-electron chi connectivity index (χ2n) is 7.95. The number of hydrogen-bond acceptors (Lipinski definition) is 3. The molecule has 0 spiro atoms. The van der Waals surface area contributed by atoms with Crippen LogP contribution in [0.2, 0.25) is 0 Å². The molecular weight excluding hydrogens is 387 g/mol.